The molecule has 0 aliphatic rings. The number of carbonyl (C=O) groups is 2. The van der Waals surface area contributed by atoms with Crippen molar-refractivity contribution in [3.63, 3.8) is 0 Å². The van der Waals surface area contributed by atoms with Gasteiger partial charge in [0.1, 0.15) is 11.5 Å². The van der Waals surface area contributed by atoms with E-state index in [0.717, 1.165) is 12.1 Å². The van der Waals surface area contributed by atoms with E-state index in [4.69, 9.17) is 4.42 Å². The molecule has 1 aromatic heterocycles. The third-order valence-electron chi connectivity index (χ3n) is 3.59. The Bertz CT molecular complexity index is 932. The van der Waals surface area contributed by atoms with E-state index >= 15 is 0 Å². The predicted octanol–water partition coefficient (Wildman–Crippen LogP) is 2.10. The summed E-state index contributed by atoms with van der Waals surface area (Å²) < 4.78 is 5.21. The third kappa shape index (κ3) is 3.66. The Labute approximate surface area is 146 Å². The molecule has 2 rings (SSSR count). The highest BCUT2D eigenvalue weighted by Crippen LogP contribution is 2.27. The Morgan fingerprint density at radius 2 is 1.50 bits per heavy atom. The molecule has 1 aromatic carbocycles. The average Bonchev–Trinajstić information content (AvgIpc) is 2.90. The molecular weight excluding hydrogens is 348 g/mol. The maximum Gasteiger partial charge on any atom is 0.279 e. The number of benzene rings is 1. The zero-order valence-corrected chi connectivity index (χ0v) is 14.0. The van der Waals surface area contributed by atoms with Gasteiger partial charge in [0.15, 0.2) is 0 Å². The summed E-state index contributed by atoms with van der Waals surface area (Å²) in [6.45, 7) is 4.49. The van der Waals surface area contributed by atoms with Gasteiger partial charge in [-0.1, -0.05) is 0 Å². The summed E-state index contributed by atoms with van der Waals surface area (Å²) >= 11 is 0. The lowest BCUT2D eigenvalue weighted by atomic mass is 10.1. The molecule has 0 bridgehead atoms. The van der Waals surface area contributed by atoms with Gasteiger partial charge >= 0.3 is 0 Å². The van der Waals surface area contributed by atoms with Crippen LogP contribution in [0.4, 0.5) is 11.4 Å². The predicted molar refractivity (Wildman–Crippen MR) is 87.6 cm³/mol. The summed E-state index contributed by atoms with van der Waals surface area (Å²) in [7, 11) is 0. The van der Waals surface area contributed by atoms with E-state index in [9.17, 15) is 29.8 Å². The van der Waals surface area contributed by atoms with Crippen molar-refractivity contribution in [3.8, 4) is 0 Å². The van der Waals surface area contributed by atoms with Gasteiger partial charge in [-0.25, -0.2) is 0 Å². The number of nitrogens with one attached hydrogen (secondary N) is 2. The molecule has 26 heavy (non-hydrogen) atoms. The van der Waals surface area contributed by atoms with Gasteiger partial charge in [0, 0.05) is 11.6 Å². The first-order chi connectivity index (χ1) is 12.1. The summed E-state index contributed by atoms with van der Waals surface area (Å²) in [5.41, 5.74) is 2.87. The van der Waals surface area contributed by atoms with Crippen LogP contribution in [0.25, 0.3) is 0 Å². The van der Waals surface area contributed by atoms with Crippen molar-refractivity contribution < 1.29 is 23.9 Å². The molecule has 1 heterocycles. The van der Waals surface area contributed by atoms with Crippen molar-refractivity contribution in [1.29, 1.82) is 0 Å². The fourth-order valence-electron chi connectivity index (χ4n) is 2.32. The van der Waals surface area contributed by atoms with E-state index in [0.29, 0.717) is 11.5 Å². The van der Waals surface area contributed by atoms with E-state index in [1.807, 2.05) is 0 Å². The van der Waals surface area contributed by atoms with Crippen LogP contribution in [-0.4, -0.2) is 21.7 Å². The number of nitro groups is 2. The number of rotatable bonds is 4. The lowest BCUT2D eigenvalue weighted by Gasteiger charge is -2.09. The van der Waals surface area contributed by atoms with E-state index in [-0.39, 0.29) is 16.7 Å². The van der Waals surface area contributed by atoms with Crippen LogP contribution < -0.4 is 10.9 Å². The second-order valence-electron chi connectivity index (χ2n) is 5.39. The van der Waals surface area contributed by atoms with Crippen molar-refractivity contribution in [2.75, 3.05) is 0 Å². The lowest BCUT2D eigenvalue weighted by molar-refractivity contribution is -0.394. The maximum absolute atomic E-state index is 12.2. The molecule has 2 N–H and O–H groups in total. The molecule has 0 aliphatic heterocycles. The Balaban J connectivity index is 2.26. The fraction of sp³-hybridized carbons (Fsp3) is 0.200. The number of hydrazine groups is 1. The standard InChI is InChI=1S/C15H14N4O7/c1-7-4-12(9(3)26-7)15(21)17-16-14(20)11-5-10(18(22)23)6-13(8(11)2)19(24)25/h4-6H,1-3H3,(H,16,20)(H,17,21). The summed E-state index contributed by atoms with van der Waals surface area (Å²) in [5.74, 6) is -0.744. The molecule has 2 aromatic rings. The summed E-state index contributed by atoms with van der Waals surface area (Å²) in [6, 6.07) is 3.14. The van der Waals surface area contributed by atoms with Gasteiger partial charge in [0.2, 0.25) is 0 Å². The van der Waals surface area contributed by atoms with E-state index in [1.165, 1.54) is 13.0 Å². The average molecular weight is 362 g/mol. The van der Waals surface area contributed by atoms with Gasteiger partial charge in [-0.3, -0.25) is 40.7 Å². The monoisotopic (exact) mass is 362 g/mol. The Hall–Kier alpha value is -3.76. The number of carbonyl (C=O) groups excluding carboxylic acids is 2. The third-order valence-corrected chi connectivity index (χ3v) is 3.59. The van der Waals surface area contributed by atoms with Crippen LogP contribution in [0.5, 0.6) is 0 Å². The molecule has 0 radical (unpaired) electrons. The van der Waals surface area contributed by atoms with Gasteiger partial charge < -0.3 is 4.42 Å². The number of furan rings is 1. The Morgan fingerprint density at radius 1 is 0.923 bits per heavy atom. The fourth-order valence-corrected chi connectivity index (χ4v) is 2.32. The first-order valence-corrected chi connectivity index (χ1v) is 7.23. The highest BCUT2D eigenvalue weighted by Gasteiger charge is 2.25. The van der Waals surface area contributed by atoms with Crippen molar-refractivity contribution in [2.24, 2.45) is 0 Å². The molecule has 2 amide bonds. The number of amides is 2. The molecule has 0 atom stereocenters. The number of nitrogens with zero attached hydrogens (tertiary/aromatic N) is 2. The maximum atomic E-state index is 12.2. The van der Waals surface area contributed by atoms with E-state index in [2.05, 4.69) is 10.9 Å². The second-order valence-corrected chi connectivity index (χ2v) is 5.39. The molecule has 0 fully saturated rings. The lowest BCUT2D eigenvalue weighted by Crippen LogP contribution is -2.42. The zero-order valence-electron chi connectivity index (χ0n) is 14.0. The van der Waals surface area contributed by atoms with Crippen LogP contribution in [0.3, 0.4) is 0 Å². The van der Waals surface area contributed by atoms with Gasteiger partial charge in [-0.05, 0) is 26.8 Å². The number of nitro benzene ring substituents is 2. The van der Waals surface area contributed by atoms with Crippen LogP contribution in [0.2, 0.25) is 0 Å². The minimum absolute atomic E-state index is 0.0670. The number of hydrogen-bond donors (Lipinski definition) is 2. The molecule has 136 valence electrons. The van der Waals surface area contributed by atoms with Crippen LogP contribution >= 0.6 is 0 Å². The highest BCUT2D eigenvalue weighted by molar-refractivity contribution is 6.01. The summed E-state index contributed by atoms with van der Waals surface area (Å²) in [4.78, 5) is 44.6. The van der Waals surface area contributed by atoms with Gasteiger partial charge in [0.05, 0.1) is 27.0 Å². The van der Waals surface area contributed by atoms with Crippen molar-refractivity contribution in [2.45, 2.75) is 20.8 Å². The van der Waals surface area contributed by atoms with Gasteiger partial charge in [-0.2, -0.15) is 0 Å². The minimum Gasteiger partial charge on any atom is -0.466 e. The van der Waals surface area contributed by atoms with Crippen molar-refractivity contribution in [1.82, 2.24) is 10.9 Å². The molecule has 0 saturated heterocycles. The molecule has 11 heteroatoms. The number of non-ortho nitro benzene ring substituents is 1. The second kappa shape index (κ2) is 7.01. The van der Waals surface area contributed by atoms with Gasteiger partial charge in [-0.15, -0.1) is 0 Å². The van der Waals surface area contributed by atoms with Crippen LogP contribution in [0, 0.1) is 41.0 Å². The van der Waals surface area contributed by atoms with E-state index in [1.54, 1.807) is 13.8 Å². The number of aryl methyl sites for hydroxylation is 2. The Kier molecular flexibility index (Phi) is 5.01. The van der Waals surface area contributed by atoms with Crippen molar-refractivity contribution in [3.05, 3.63) is 66.6 Å². The zero-order chi connectivity index (χ0) is 19.6. The van der Waals surface area contributed by atoms with Crippen LogP contribution in [0.1, 0.15) is 37.8 Å². The van der Waals surface area contributed by atoms with Crippen LogP contribution in [-0.2, 0) is 0 Å². The van der Waals surface area contributed by atoms with E-state index < -0.39 is 33.0 Å². The van der Waals surface area contributed by atoms with Crippen molar-refractivity contribution >= 4 is 23.2 Å². The largest absolute Gasteiger partial charge is 0.466 e. The summed E-state index contributed by atoms with van der Waals surface area (Å²) in [5, 5.41) is 22.0. The van der Waals surface area contributed by atoms with Crippen LogP contribution in [0.15, 0.2) is 22.6 Å². The molecule has 0 unspecified atom stereocenters. The molecule has 11 nitrogen and oxygen atoms in total. The Morgan fingerprint density at radius 3 is 1.96 bits per heavy atom. The molecular formula is C15H14N4O7. The molecule has 0 aliphatic carbocycles. The SMILES string of the molecule is Cc1cc(C(=O)NNC(=O)c2cc([N+](=O)[O-])cc([N+](=O)[O-])c2C)c(C)o1. The first kappa shape index (κ1) is 18.6. The van der Waals surface area contributed by atoms with Gasteiger partial charge in [0.25, 0.3) is 23.2 Å². The molecule has 0 saturated carbocycles. The first-order valence-electron chi connectivity index (χ1n) is 7.23. The topological polar surface area (TPSA) is 158 Å². The minimum atomic E-state index is -0.930. The normalized spacial score (nSPS) is 10.3. The number of hydrogen-bond acceptors (Lipinski definition) is 7. The summed E-state index contributed by atoms with van der Waals surface area (Å²) in [6.07, 6.45) is 0. The quantitative estimate of drug-likeness (QED) is 0.622. The highest BCUT2D eigenvalue weighted by atomic mass is 16.6. The molecule has 0 spiro atoms. The smallest absolute Gasteiger partial charge is 0.279 e.